The first-order chi connectivity index (χ1) is 9.74. The smallest absolute Gasteiger partial charge is 0.128 e. The number of nitrogens with one attached hydrogen (secondary N) is 1. The summed E-state index contributed by atoms with van der Waals surface area (Å²) in [6, 6.07) is 6.46. The molecule has 2 rings (SSSR count). The third-order valence-corrected chi connectivity index (χ3v) is 3.98. The summed E-state index contributed by atoms with van der Waals surface area (Å²) in [5.74, 6) is 1.84. The third kappa shape index (κ3) is 3.89. The second-order valence-electron chi connectivity index (χ2n) is 5.60. The largest absolute Gasteiger partial charge is 0.497 e. The predicted octanol–water partition coefficient (Wildman–Crippen LogP) is 4.08. The number of ether oxygens (including phenoxy) is 2. The van der Waals surface area contributed by atoms with Gasteiger partial charge in [-0.05, 0) is 51.6 Å². The highest BCUT2D eigenvalue weighted by molar-refractivity contribution is 5.42. The van der Waals surface area contributed by atoms with Crippen LogP contribution in [-0.2, 0) is 0 Å². The molecule has 0 radical (unpaired) electrons. The van der Waals surface area contributed by atoms with Gasteiger partial charge in [-0.3, -0.25) is 0 Å². The number of benzene rings is 1. The molecule has 1 aromatic carbocycles. The zero-order valence-electron chi connectivity index (χ0n) is 12.9. The fourth-order valence-corrected chi connectivity index (χ4v) is 2.76. The zero-order chi connectivity index (χ0) is 14.4. The molecule has 1 aromatic rings. The average molecular weight is 277 g/mol. The van der Waals surface area contributed by atoms with Crippen LogP contribution in [0.5, 0.6) is 11.5 Å². The SMILES string of the molecule is CCCNC(C)c1ccc(OC)cc1OC1CCCC1. The highest BCUT2D eigenvalue weighted by Crippen LogP contribution is 2.33. The van der Waals surface area contributed by atoms with Crippen LogP contribution in [0.25, 0.3) is 0 Å². The maximum absolute atomic E-state index is 6.23. The molecule has 112 valence electrons. The predicted molar refractivity (Wildman–Crippen MR) is 82.6 cm³/mol. The van der Waals surface area contributed by atoms with Crippen molar-refractivity contribution in [3.8, 4) is 11.5 Å². The van der Waals surface area contributed by atoms with E-state index in [1.807, 2.05) is 12.1 Å². The minimum atomic E-state index is 0.303. The summed E-state index contributed by atoms with van der Waals surface area (Å²) in [4.78, 5) is 0. The summed E-state index contributed by atoms with van der Waals surface area (Å²) >= 11 is 0. The standard InChI is InChI=1S/C17H27NO2/c1-4-11-18-13(2)16-10-9-15(19-3)12-17(16)20-14-7-5-6-8-14/h9-10,12-14,18H,4-8,11H2,1-3H3. The first-order valence-electron chi connectivity index (χ1n) is 7.82. The van der Waals surface area contributed by atoms with Gasteiger partial charge in [-0.25, -0.2) is 0 Å². The van der Waals surface area contributed by atoms with Crippen LogP contribution in [0, 0.1) is 0 Å². The number of hydrogen-bond donors (Lipinski definition) is 1. The van der Waals surface area contributed by atoms with Crippen LogP contribution < -0.4 is 14.8 Å². The Balaban J connectivity index is 2.15. The van der Waals surface area contributed by atoms with E-state index in [4.69, 9.17) is 9.47 Å². The van der Waals surface area contributed by atoms with E-state index in [9.17, 15) is 0 Å². The molecule has 0 aromatic heterocycles. The van der Waals surface area contributed by atoms with Crippen LogP contribution in [0.3, 0.4) is 0 Å². The fraction of sp³-hybridized carbons (Fsp3) is 0.647. The van der Waals surface area contributed by atoms with Gasteiger partial charge in [0.15, 0.2) is 0 Å². The topological polar surface area (TPSA) is 30.5 Å². The number of rotatable bonds is 7. The highest BCUT2D eigenvalue weighted by Gasteiger charge is 2.20. The molecule has 3 nitrogen and oxygen atoms in total. The monoisotopic (exact) mass is 277 g/mol. The van der Waals surface area contributed by atoms with Crippen LogP contribution in [0.2, 0.25) is 0 Å². The van der Waals surface area contributed by atoms with Crippen LogP contribution in [0.1, 0.15) is 57.6 Å². The van der Waals surface area contributed by atoms with E-state index >= 15 is 0 Å². The molecule has 0 heterocycles. The average Bonchev–Trinajstić information content (AvgIpc) is 2.97. The normalized spacial score (nSPS) is 17.1. The Morgan fingerprint density at radius 1 is 1.30 bits per heavy atom. The molecule has 1 fully saturated rings. The van der Waals surface area contributed by atoms with Gasteiger partial charge in [0.2, 0.25) is 0 Å². The van der Waals surface area contributed by atoms with E-state index in [1.165, 1.54) is 31.2 Å². The van der Waals surface area contributed by atoms with Crippen LogP contribution in [0.15, 0.2) is 18.2 Å². The first-order valence-corrected chi connectivity index (χ1v) is 7.82. The molecule has 0 saturated heterocycles. The molecular formula is C17H27NO2. The molecule has 1 aliphatic carbocycles. The maximum atomic E-state index is 6.23. The lowest BCUT2D eigenvalue weighted by molar-refractivity contribution is 0.205. The minimum absolute atomic E-state index is 0.303. The number of hydrogen-bond acceptors (Lipinski definition) is 3. The Kier molecular flexibility index (Phi) is 5.72. The summed E-state index contributed by atoms with van der Waals surface area (Å²) in [5.41, 5.74) is 1.23. The molecule has 20 heavy (non-hydrogen) atoms. The Morgan fingerprint density at radius 2 is 2.05 bits per heavy atom. The second-order valence-corrected chi connectivity index (χ2v) is 5.60. The van der Waals surface area contributed by atoms with Gasteiger partial charge in [-0.15, -0.1) is 0 Å². The van der Waals surface area contributed by atoms with Crippen molar-refractivity contribution in [1.82, 2.24) is 5.32 Å². The Bertz CT molecular complexity index is 413. The van der Waals surface area contributed by atoms with E-state index in [0.29, 0.717) is 12.1 Å². The van der Waals surface area contributed by atoms with Crippen molar-refractivity contribution in [3.63, 3.8) is 0 Å². The molecule has 1 saturated carbocycles. The maximum Gasteiger partial charge on any atom is 0.128 e. The molecule has 0 aliphatic heterocycles. The second kappa shape index (κ2) is 7.53. The lowest BCUT2D eigenvalue weighted by Gasteiger charge is -2.21. The van der Waals surface area contributed by atoms with Crippen molar-refractivity contribution in [3.05, 3.63) is 23.8 Å². The van der Waals surface area contributed by atoms with Crippen molar-refractivity contribution in [1.29, 1.82) is 0 Å². The molecule has 1 N–H and O–H groups in total. The van der Waals surface area contributed by atoms with E-state index in [0.717, 1.165) is 24.5 Å². The summed E-state index contributed by atoms with van der Waals surface area (Å²) in [6.45, 7) is 5.40. The molecule has 1 aliphatic rings. The number of methoxy groups -OCH3 is 1. The molecule has 0 bridgehead atoms. The molecule has 0 amide bonds. The van der Waals surface area contributed by atoms with Gasteiger partial charge in [0.25, 0.3) is 0 Å². The fourth-order valence-electron chi connectivity index (χ4n) is 2.76. The Morgan fingerprint density at radius 3 is 2.70 bits per heavy atom. The summed E-state index contributed by atoms with van der Waals surface area (Å²) in [6.07, 6.45) is 6.43. The lowest BCUT2D eigenvalue weighted by atomic mass is 10.1. The summed E-state index contributed by atoms with van der Waals surface area (Å²) in [5, 5.41) is 3.53. The minimum Gasteiger partial charge on any atom is -0.497 e. The molecule has 1 unspecified atom stereocenters. The van der Waals surface area contributed by atoms with Crippen molar-refractivity contribution in [2.24, 2.45) is 0 Å². The first kappa shape index (κ1) is 15.2. The van der Waals surface area contributed by atoms with Crippen LogP contribution >= 0.6 is 0 Å². The van der Waals surface area contributed by atoms with Gasteiger partial charge in [0, 0.05) is 17.7 Å². The van der Waals surface area contributed by atoms with E-state index in [-0.39, 0.29) is 0 Å². The van der Waals surface area contributed by atoms with Crippen LogP contribution in [-0.4, -0.2) is 19.8 Å². The Hall–Kier alpha value is -1.22. The quantitative estimate of drug-likeness (QED) is 0.814. The summed E-state index contributed by atoms with van der Waals surface area (Å²) in [7, 11) is 1.70. The van der Waals surface area contributed by atoms with Crippen molar-refractivity contribution in [2.75, 3.05) is 13.7 Å². The summed E-state index contributed by atoms with van der Waals surface area (Å²) < 4.78 is 11.6. The van der Waals surface area contributed by atoms with Gasteiger partial charge in [0.05, 0.1) is 13.2 Å². The van der Waals surface area contributed by atoms with E-state index in [1.54, 1.807) is 7.11 Å². The molecular weight excluding hydrogens is 250 g/mol. The molecule has 3 heteroatoms. The van der Waals surface area contributed by atoms with Crippen molar-refractivity contribution in [2.45, 2.75) is 58.1 Å². The Labute approximate surface area is 122 Å². The van der Waals surface area contributed by atoms with Gasteiger partial charge in [-0.1, -0.05) is 13.0 Å². The molecule has 0 spiro atoms. The third-order valence-electron chi connectivity index (χ3n) is 3.98. The van der Waals surface area contributed by atoms with Gasteiger partial charge >= 0.3 is 0 Å². The van der Waals surface area contributed by atoms with Crippen molar-refractivity contribution >= 4 is 0 Å². The van der Waals surface area contributed by atoms with Gasteiger partial charge < -0.3 is 14.8 Å². The van der Waals surface area contributed by atoms with E-state index in [2.05, 4.69) is 25.2 Å². The van der Waals surface area contributed by atoms with Crippen LogP contribution in [0.4, 0.5) is 0 Å². The lowest BCUT2D eigenvalue weighted by Crippen LogP contribution is -2.21. The van der Waals surface area contributed by atoms with Gasteiger partial charge in [0.1, 0.15) is 11.5 Å². The molecule has 1 atom stereocenters. The zero-order valence-corrected chi connectivity index (χ0v) is 12.9. The van der Waals surface area contributed by atoms with E-state index < -0.39 is 0 Å². The van der Waals surface area contributed by atoms with Gasteiger partial charge in [-0.2, -0.15) is 0 Å². The highest BCUT2D eigenvalue weighted by atomic mass is 16.5. The van der Waals surface area contributed by atoms with Crippen molar-refractivity contribution < 1.29 is 9.47 Å².